The monoisotopic (exact) mass is 283 g/mol. The zero-order valence-electron chi connectivity index (χ0n) is 13.1. The second-order valence-corrected chi connectivity index (χ2v) is 5.67. The van der Waals surface area contributed by atoms with E-state index in [2.05, 4.69) is 6.92 Å². The third-order valence-electron chi connectivity index (χ3n) is 4.24. The molecule has 0 bridgehead atoms. The molecule has 0 aromatic heterocycles. The van der Waals surface area contributed by atoms with Crippen molar-refractivity contribution < 1.29 is 9.59 Å². The predicted molar refractivity (Wildman–Crippen MR) is 80.1 cm³/mol. The Balaban J connectivity index is 2.47. The van der Waals surface area contributed by atoms with Gasteiger partial charge in [0.05, 0.1) is 0 Å². The lowest BCUT2D eigenvalue weighted by Crippen LogP contribution is -2.49. The van der Waals surface area contributed by atoms with Crippen molar-refractivity contribution >= 4 is 11.8 Å². The number of carbonyl (C=O) groups is 2. The van der Waals surface area contributed by atoms with Gasteiger partial charge in [0.15, 0.2) is 0 Å². The maximum absolute atomic E-state index is 12.3. The van der Waals surface area contributed by atoms with Crippen molar-refractivity contribution in [3.8, 4) is 0 Å². The van der Waals surface area contributed by atoms with Gasteiger partial charge >= 0.3 is 0 Å². The van der Waals surface area contributed by atoms with Crippen LogP contribution in [0.2, 0.25) is 0 Å². The van der Waals surface area contributed by atoms with Gasteiger partial charge in [-0.05, 0) is 32.6 Å². The highest BCUT2D eigenvalue weighted by Crippen LogP contribution is 2.22. The molecule has 2 atom stereocenters. The van der Waals surface area contributed by atoms with E-state index in [0.29, 0.717) is 38.4 Å². The largest absolute Gasteiger partial charge is 0.343 e. The predicted octanol–water partition coefficient (Wildman–Crippen LogP) is 1.22. The second kappa shape index (κ2) is 8.25. The second-order valence-electron chi connectivity index (χ2n) is 5.67. The van der Waals surface area contributed by atoms with E-state index in [-0.39, 0.29) is 17.9 Å². The van der Waals surface area contributed by atoms with Gasteiger partial charge in [-0.15, -0.1) is 0 Å². The summed E-state index contributed by atoms with van der Waals surface area (Å²) in [5.41, 5.74) is 5.77. The van der Waals surface area contributed by atoms with Crippen LogP contribution in [0.4, 0.5) is 0 Å². The molecule has 0 radical (unpaired) electrons. The molecule has 2 N–H and O–H groups in total. The summed E-state index contributed by atoms with van der Waals surface area (Å²) in [5, 5.41) is 0. The normalized spacial score (nSPS) is 22.7. The summed E-state index contributed by atoms with van der Waals surface area (Å²) in [6.45, 7) is 8.82. The van der Waals surface area contributed by atoms with E-state index >= 15 is 0 Å². The summed E-state index contributed by atoms with van der Waals surface area (Å²) < 4.78 is 0. The molecule has 1 rings (SSSR count). The van der Waals surface area contributed by atoms with Gasteiger partial charge in [0.1, 0.15) is 0 Å². The van der Waals surface area contributed by atoms with Crippen LogP contribution in [0.15, 0.2) is 0 Å². The first-order valence-corrected chi connectivity index (χ1v) is 7.80. The summed E-state index contributed by atoms with van der Waals surface area (Å²) >= 11 is 0. The fourth-order valence-electron chi connectivity index (χ4n) is 2.90. The van der Waals surface area contributed by atoms with Crippen molar-refractivity contribution in [2.75, 3.05) is 26.2 Å². The van der Waals surface area contributed by atoms with Crippen LogP contribution in [0, 0.1) is 5.92 Å². The zero-order valence-corrected chi connectivity index (χ0v) is 13.1. The molecule has 1 fully saturated rings. The Kier molecular flexibility index (Phi) is 6.99. The van der Waals surface area contributed by atoms with Crippen molar-refractivity contribution in [2.45, 2.75) is 52.5 Å². The lowest BCUT2D eigenvalue weighted by molar-refractivity contribution is -0.139. The zero-order chi connectivity index (χ0) is 15.1. The Morgan fingerprint density at radius 3 is 2.45 bits per heavy atom. The van der Waals surface area contributed by atoms with Crippen molar-refractivity contribution in [1.29, 1.82) is 0 Å². The van der Waals surface area contributed by atoms with Crippen molar-refractivity contribution in [3.63, 3.8) is 0 Å². The highest BCUT2D eigenvalue weighted by atomic mass is 16.2. The molecule has 1 aliphatic rings. The van der Waals surface area contributed by atoms with E-state index in [1.807, 2.05) is 18.7 Å². The van der Waals surface area contributed by atoms with Crippen molar-refractivity contribution in [1.82, 2.24) is 9.80 Å². The Bertz CT molecular complexity index is 329. The van der Waals surface area contributed by atoms with Gasteiger partial charge in [-0.2, -0.15) is 0 Å². The SMILES string of the molecule is CCN(CC)C(=O)CCC(=O)N1CCC(C)CC1CN. The van der Waals surface area contributed by atoms with Crippen molar-refractivity contribution in [3.05, 3.63) is 0 Å². The van der Waals surface area contributed by atoms with E-state index in [9.17, 15) is 9.59 Å². The van der Waals surface area contributed by atoms with Crippen LogP contribution < -0.4 is 5.73 Å². The minimum absolute atomic E-state index is 0.0676. The van der Waals surface area contributed by atoms with Crippen LogP contribution in [0.5, 0.6) is 0 Å². The Hall–Kier alpha value is -1.10. The van der Waals surface area contributed by atoms with Gasteiger partial charge in [0.25, 0.3) is 0 Å². The van der Waals surface area contributed by atoms with E-state index < -0.39 is 0 Å². The summed E-state index contributed by atoms with van der Waals surface area (Å²) in [7, 11) is 0. The van der Waals surface area contributed by atoms with E-state index in [1.165, 1.54) is 0 Å². The highest BCUT2D eigenvalue weighted by Gasteiger charge is 2.29. The number of hydrogen-bond acceptors (Lipinski definition) is 3. The number of nitrogens with two attached hydrogens (primary N) is 1. The number of amides is 2. The quantitative estimate of drug-likeness (QED) is 0.797. The van der Waals surface area contributed by atoms with Gasteiger partial charge in [-0.1, -0.05) is 6.92 Å². The summed E-state index contributed by atoms with van der Waals surface area (Å²) in [4.78, 5) is 27.9. The lowest BCUT2D eigenvalue weighted by atomic mass is 9.92. The van der Waals surface area contributed by atoms with Crippen LogP contribution in [0.1, 0.15) is 46.5 Å². The minimum Gasteiger partial charge on any atom is -0.343 e. The Labute approximate surface area is 122 Å². The highest BCUT2D eigenvalue weighted by molar-refractivity contribution is 5.84. The average molecular weight is 283 g/mol. The number of likely N-dealkylation sites (tertiary alicyclic amines) is 1. The van der Waals surface area contributed by atoms with Gasteiger partial charge in [0, 0.05) is 45.1 Å². The third kappa shape index (κ3) is 4.47. The Morgan fingerprint density at radius 1 is 1.25 bits per heavy atom. The molecule has 0 spiro atoms. The number of hydrogen-bond donors (Lipinski definition) is 1. The third-order valence-corrected chi connectivity index (χ3v) is 4.24. The lowest BCUT2D eigenvalue weighted by Gasteiger charge is -2.38. The average Bonchev–Trinajstić information content (AvgIpc) is 2.45. The first-order valence-electron chi connectivity index (χ1n) is 7.80. The van der Waals surface area contributed by atoms with E-state index in [4.69, 9.17) is 5.73 Å². The number of rotatable bonds is 6. The smallest absolute Gasteiger partial charge is 0.223 e. The molecule has 1 saturated heterocycles. The van der Waals surface area contributed by atoms with Crippen LogP contribution in [-0.4, -0.2) is 53.8 Å². The van der Waals surface area contributed by atoms with Crippen molar-refractivity contribution in [2.24, 2.45) is 11.7 Å². The molecule has 20 heavy (non-hydrogen) atoms. The summed E-state index contributed by atoms with van der Waals surface area (Å²) in [6.07, 6.45) is 2.63. The molecule has 0 saturated carbocycles. The van der Waals surface area contributed by atoms with Crippen LogP contribution in [-0.2, 0) is 9.59 Å². The van der Waals surface area contributed by atoms with Gasteiger partial charge < -0.3 is 15.5 Å². The summed E-state index contributed by atoms with van der Waals surface area (Å²) in [6, 6.07) is 0.148. The van der Waals surface area contributed by atoms with Crippen LogP contribution in [0.25, 0.3) is 0 Å². The van der Waals surface area contributed by atoms with Gasteiger partial charge in [0.2, 0.25) is 11.8 Å². The van der Waals surface area contributed by atoms with E-state index in [1.54, 1.807) is 4.90 Å². The fraction of sp³-hybridized carbons (Fsp3) is 0.867. The number of piperidine rings is 1. The molecule has 2 amide bonds. The molecule has 5 nitrogen and oxygen atoms in total. The number of nitrogens with zero attached hydrogens (tertiary/aromatic N) is 2. The molecular formula is C15H29N3O2. The molecule has 0 aromatic carbocycles. The molecule has 2 unspecified atom stereocenters. The minimum atomic E-state index is 0.0676. The maximum atomic E-state index is 12.3. The number of carbonyl (C=O) groups excluding carboxylic acids is 2. The molecular weight excluding hydrogens is 254 g/mol. The summed E-state index contributed by atoms with van der Waals surface area (Å²) in [5.74, 6) is 0.774. The van der Waals surface area contributed by atoms with Gasteiger partial charge in [-0.3, -0.25) is 9.59 Å². The maximum Gasteiger partial charge on any atom is 0.223 e. The molecule has 5 heteroatoms. The fourth-order valence-corrected chi connectivity index (χ4v) is 2.90. The first kappa shape index (κ1) is 17.0. The van der Waals surface area contributed by atoms with E-state index in [0.717, 1.165) is 19.4 Å². The van der Waals surface area contributed by atoms with Crippen LogP contribution in [0.3, 0.4) is 0 Å². The standard InChI is InChI=1S/C15H29N3O2/c1-4-17(5-2)14(19)6-7-15(20)18-9-8-12(3)10-13(18)11-16/h12-13H,4-11,16H2,1-3H3. The molecule has 1 aliphatic heterocycles. The topological polar surface area (TPSA) is 66.6 Å². The molecule has 1 heterocycles. The van der Waals surface area contributed by atoms with Gasteiger partial charge in [-0.25, -0.2) is 0 Å². The van der Waals surface area contributed by atoms with Crippen LogP contribution >= 0.6 is 0 Å². The molecule has 0 aromatic rings. The Morgan fingerprint density at radius 2 is 1.90 bits per heavy atom. The first-order chi connectivity index (χ1) is 9.53. The molecule has 116 valence electrons. The molecule has 0 aliphatic carbocycles.